The van der Waals surface area contributed by atoms with Gasteiger partial charge in [0.1, 0.15) is 0 Å². The Balaban J connectivity index is 1.94. The van der Waals surface area contributed by atoms with Crippen molar-refractivity contribution in [1.29, 1.82) is 0 Å². The molecule has 4 rings (SSSR count). The molecule has 0 unspecified atom stereocenters. The fraction of sp³-hybridized carbons (Fsp3) is 0.462. The van der Waals surface area contributed by atoms with Gasteiger partial charge in [0.25, 0.3) is 5.24 Å². The molecule has 0 radical (unpaired) electrons. The number of carbonyl (C=O) groups excluding carboxylic acids is 2. The van der Waals surface area contributed by atoms with E-state index in [0.29, 0.717) is 11.1 Å². The lowest BCUT2D eigenvalue weighted by Crippen LogP contribution is -2.34. The molecule has 1 fully saturated rings. The first kappa shape index (κ1) is 22.8. The van der Waals surface area contributed by atoms with E-state index in [1.54, 1.807) is 6.07 Å². The number of ether oxygens (including phenoxy) is 1. The number of nitrogens with zero attached hydrogens (tertiary/aromatic N) is 1. The molecule has 2 amide bonds. The molecular weight excluding hydrogens is 425 g/mol. The maximum atomic E-state index is 14.9. The molecule has 1 aliphatic carbocycles. The molecule has 2 aromatic rings. The van der Waals surface area contributed by atoms with Gasteiger partial charge in [0.2, 0.25) is 5.91 Å². The second-order valence-corrected chi connectivity index (χ2v) is 11.1. The summed E-state index contributed by atoms with van der Waals surface area (Å²) in [6.07, 6.45) is 2.17. The number of imide groups is 1. The molecule has 2 aliphatic rings. The maximum Gasteiger partial charge on any atom is 0.289 e. The van der Waals surface area contributed by atoms with Crippen molar-refractivity contribution in [3.05, 3.63) is 52.3 Å². The van der Waals surface area contributed by atoms with E-state index in [1.807, 2.05) is 6.92 Å². The highest BCUT2D eigenvalue weighted by atomic mass is 32.2. The molecule has 6 heteroatoms. The predicted octanol–water partition coefficient (Wildman–Crippen LogP) is 6.35. The van der Waals surface area contributed by atoms with Crippen LogP contribution in [0.3, 0.4) is 0 Å². The van der Waals surface area contributed by atoms with Gasteiger partial charge in [-0.25, -0.2) is 4.39 Å². The van der Waals surface area contributed by atoms with Crippen LogP contribution in [0, 0.1) is 12.7 Å². The molecule has 32 heavy (non-hydrogen) atoms. The third-order valence-corrected chi connectivity index (χ3v) is 7.89. The van der Waals surface area contributed by atoms with E-state index in [1.165, 1.54) is 29.2 Å². The number of aryl methyl sites for hydroxylation is 1. The summed E-state index contributed by atoms with van der Waals surface area (Å²) in [4.78, 5) is 25.7. The Hall–Kier alpha value is -2.34. The zero-order valence-corrected chi connectivity index (χ0v) is 20.4. The molecule has 0 saturated carbocycles. The first-order chi connectivity index (χ1) is 15.0. The summed E-state index contributed by atoms with van der Waals surface area (Å²) in [7, 11) is 1.45. The molecule has 170 valence electrons. The van der Waals surface area contributed by atoms with Crippen LogP contribution in [0.15, 0.2) is 24.3 Å². The van der Waals surface area contributed by atoms with Gasteiger partial charge in [0, 0.05) is 5.56 Å². The molecule has 0 spiro atoms. The number of thioether (sulfide) groups is 1. The van der Waals surface area contributed by atoms with Crippen molar-refractivity contribution in [3.8, 4) is 16.9 Å². The summed E-state index contributed by atoms with van der Waals surface area (Å²) < 4.78 is 20.4. The minimum atomic E-state index is -0.462. The lowest BCUT2D eigenvalue weighted by molar-refractivity contribution is -0.125. The Morgan fingerprint density at radius 1 is 1.06 bits per heavy atom. The first-order valence-electron chi connectivity index (χ1n) is 10.9. The summed E-state index contributed by atoms with van der Waals surface area (Å²) in [5.41, 5.74) is 5.86. The molecule has 1 saturated heterocycles. The van der Waals surface area contributed by atoms with Crippen molar-refractivity contribution >= 4 is 22.9 Å². The summed E-state index contributed by atoms with van der Waals surface area (Å²) in [5.74, 6) is -0.394. The number of halogens is 1. The van der Waals surface area contributed by atoms with Gasteiger partial charge in [0.15, 0.2) is 11.6 Å². The third-order valence-electron chi connectivity index (χ3n) is 7.04. The Labute approximate surface area is 193 Å². The SMILES string of the molecule is COc1c(F)ccc(CN2C(=O)CSC2=O)c1-c1cc2c(cc1C)C(C)(C)CCC2(C)C. The standard InChI is InChI=1S/C26H30FNO3S/c1-15-11-18-19(26(4,5)10-9-25(18,2)3)12-17(15)22-16(7-8-20(27)23(22)31-6)13-28-21(29)14-32-24(28)30/h7-8,11-12H,9-10,13-14H2,1-6H3. The van der Waals surface area contributed by atoms with Gasteiger partial charge in [-0.1, -0.05) is 51.6 Å². The average molecular weight is 456 g/mol. The summed E-state index contributed by atoms with van der Waals surface area (Å²) in [5, 5.41) is -0.269. The highest BCUT2D eigenvalue weighted by molar-refractivity contribution is 8.14. The Morgan fingerprint density at radius 3 is 2.25 bits per heavy atom. The van der Waals surface area contributed by atoms with Gasteiger partial charge >= 0.3 is 0 Å². The number of fused-ring (bicyclic) bond motifs is 1. The summed E-state index contributed by atoms with van der Waals surface area (Å²) in [6.45, 7) is 11.2. The fourth-order valence-electron chi connectivity index (χ4n) is 4.92. The van der Waals surface area contributed by atoms with Crippen LogP contribution in [-0.4, -0.2) is 28.9 Å². The van der Waals surface area contributed by atoms with Crippen molar-refractivity contribution in [2.45, 2.75) is 64.8 Å². The van der Waals surface area contributed by atoms with Gasteiger partial charge in [-0.2, -0.15) is 0 Å². The maximum absolute atomic E-state index is 14.9. The zero-order valence-electron chi connectivity index (χ0n) is 19.6. The molecule has 0 bridgehead atoms. The molecular formula is C26H30FNO3S. The van der Waals surface area contributed by atoms with E-state index in [2.05, 4.69) is 39.8 Å². The van der Waals surface area contributed by atoms with Crippen LogP contribution in [0.4, 0.5) is 9.18 Å². The molecule has 1 heterocycles. The van der Waals surface area contributed by atoms with Crippen LogP contribution >= 0.6 is 11.8 Å². The quantitative estimate of drug-likeness (QED) is 0.539. The van der Waals surface area contributed by atoms with Crippen molar-refractivity contribution < 1.29 is 18.7 Å². The lowest BCUT2D eigenvalue weighted by atomic mass is 9.62. The fourth-order valence-corrected chi connectivity index (χ4v) is 5.65. The second-order valence-electron chi connectivity index (χ2n) is 10.1. The van der Waals surface area contributed by atoms with Gasteiger partial charge in [-0.05, 0) is 70.5 Å². The van der Waals surface area contributed by atoms with E-state index in [0.717, 1.165) is 35.7 Å². The van der Waals surface area contributed by atoms with Gasteiger partial charge in [-0.15, -0.1) is 0 Å². The van der Waals surface area contributed by atoms with Gasteiger partial charge in [0.05, 0.1) is 19.4 Å². The topological polar surface area (TPSA) is 46.6 Å². The monoisotopic (exact) mass is 455 g/mol. The Kier molecular flexibility index (Phi) is 5.64. The molecule has 0 atom stereocenters. The number of amides is 2. The van der Waals surface area contributed by atoms with Crippen LogP contribution in [0.2, 0.25) is 0 Å². The number of hydrogen-bond donors (Lipinski definition) is 0. The largest absolute Gasteiger partial charge is 0.493 e. The van der Waals surface area contributed by atoms with Crippen molar-refractivity contribution in [2.24, 2.45) is 0 Å². The smallest absolute Gasteiger partial charge is 0.289 e. The van der Waals surface area contributed by atoms with Gasteiger partial charge < -0.3 is 4.74 Å². The highest BCUT2D eigenvalue weighted by Crippen LogP contribution is 2.49. The summed E-state index contributed by atoms with van der Waals surface area (Å²) in [6, 6.07) is 7.40. The number of methoxy groups -OCH3 is 1. The van der Waals surface area contributed by atoms with Gasteiger partial charge in [-0.3, -0.25) is 14.5 Å². The number of benzene rings is 2. The normalized spacial score (nSPS) is 19.3. The average Bonchev–Trinajstić information content (AvgIpc) is 3.04. The minimum Gasteiger partial charge on any atom is -0.493 e. The van der Waals surface area contributed by atoms with Crippen LogP contribution in [-0.2, 0) is 22.2 Å². The number of carbonyl (C=O) groups is 2. The van der Waals surface area contributed by atoms with E-state index < -0.39 is 5.82 Å². The highest BCUT2D eigenvalue weighted by Gasteiger charge is 2.38. The third kappa shape index (κ3) is 3.72. The van der Waals surface area contributed by atoms with Crippen molar-refractivity contribution in [2.75, 3.05) is 12.9 Å². The van der Waals surface area contributed by atoms with E-state index in [4.69, 9.17) is 4.74 Å². The number of rotatable bonds is 4. The van der Waals surface area contributed by atoms with E-state index in [-0.39, 0.29) is 40.0 Å². The molecule has 2 aromatic carbocycles. The van der Waals surface area contributed by atoms with Crippen LogP contribution in [0.25, 0.3) is 11.1 Å². The Bertz CT molecular complexity index is 1110. The molecule has 1 aliphatic heterocycles. The minimum absolute atomic E-state index is 0.00838. The van der Waals surface area contributed by atoms with Crippen LogP contribution < -0.4 is 4.74 Å². The molecule has 0 N–H and O–H groups in total. The van der Waals surface area contributed by atoms with E-state index >= 15 is 0 Å². The summed E-state index contributed by atoms with van der Waals surface area (Å²) >= 11 is 1.00. The molecule has 4 nitrogen and oxygen atoms in total. The first-order valence-corrected chi connectivity index (χ1v) is 11.9. The lowest BCUT2D eigenvalue weighted by Gasteiger charge is -2.42. The molecule has 0 aromatic heterocycles. The predicted molar refractivity (Wildman–Crippen MR) is 127 cm³/mol. The second kappa shape index (κ2) is 7.91. The van der Waals surface area contributed by atoms with Crippen LogP contribution in [0.1, 0.15) is 62.8 Å². The van der Waals surface area contributed by atoms with Crippen molar-refractivity contribution in [3.63, 3.8) is 0 Å². The number of hydrogen-bond acceptors (Lipinski definition) is 4. The Morgan fingerprint density at radius 2 is 1.69 bits per heavy atom. The zero-order chi connectivity index (χ0) is 23.4. The van der Waals surface area contributed by atoms with Crippen molar-refractivity contribution in [1.82, 2.24) is 4.90 Å². The van der Waals surface area contributed by atoms with E-state index in [9.17, 15) is 14.0 Å². The van der Waals surface area contributed by atoms with Crippen LogP contribution in [0.5, 0.6) is 5.75 Å².